The van der Waals surface area contributed by atoms with Crippen molar-refractivity contribution in [3.8, 4) is 10.6 Å². The number of hydrogen-bond acceptors (Lipinski definition) is 6. The molecule has 0 unspecified atom stereocenters. The summed E-state index contributed by atoms with van der Waals surface area (Å²) >= 11 is 1.45. The van der Waals surface area contributed by atoms with Crippen molar-refractivity contribution in [3.05, 3.63) is 52.9 Å². The first-order valence-electron chi connectivity index (χ1n) is 9.80. The van der Waals surface area contributed by atoms with E-state index in [1.165, 1.54) is 23.2 Å². The molecule has 4 rings (SSSR count). The smallest absolute Gasteiger partial charge is 0.336 e. The standard InChI is InChI=1S/C22H21N3O5S/c1-13(26)21(28)25-9-8-24(18(27)12-25)11-15-19(22(29)30)14-5-2-3-6-16(14)23-20(15)17-7-4-10-31-17/h2-7,10,13,26H,8-9,11-12H2,1H3,(H,29,30)/t13-/m0/s1. The van der Waals surface area contributed by atoms with Crippen LogP contribution in [0.4, 0.5) is 0 Å². The first-order valence-corrected chi connectivity index (χ1v) is 10.7. The zero-order chi connectivity index (χ0) is 22.1. The molecule has 1 aliphatic heterocycles. The first kappa shape index (κ1) is 21.0. The number of aromatic carboxylic acids is 1. The molecule has 2 aromatic heterocycles. The Morgan fingerprint density at radius 2 is 1.97 bits per heavy atom. The highest BCUT2D eigenvalue weighted by Crippen LogP contribution is 2.34. The van der Waals surface area contributed by atoms with Crippen molar-refractivity contribution in [1.29, 1.82) is 0 Å². The number of hydrogen-bond donors (Lipinski definition) is 2. The average molecular weight is 439 g/mol. The fourth-order valence-electron chi connectivity index (χ4n) is 3.79. The molecular weight excluding hydrogens is 418 g/mol. The van der Waals surface area contributed by atoms with Crippen molar-refractivity contribution in [2.45, 2.75) is 19.6 Å². The van der Waals surface area contributed by atoms with Gasteiger partial charge >= 0.3 is 5.97 Å². The second-order valence-electron chi connectivity index (χ2n) is 7.36. The van der Waals surface area contributed by atoms with Crippen LogP contribution in [0.3, 0.4) is 0 Å². The number of carboxylic acids is 1. The number of benzene rings is 1. The Hall–Kier alpha value is -3.30. The molecule has 9 heteroatoms. The molecule has 1 fully saturated rings. The molecule has 1 aromatic carbocycles. The van der Waals surface area contributed by atoms with E-state index >= 15 is 0 Å². The van der Waals surface area contributed by atoms with Gasteiger partial charge in [0.2, 0.25) is 5.91 Å². The van der Waals surface area contributed by atoms with Crippen LogP contribution in [-0.4, -0.2) is 68.5 Å². The molecule has 0 spiro atoms. The summed E-state index contributed by atoms with van der Waals surface area (Å²) in [5.74, 6) is -1.88. The molecule has 0 radical (unpaired) electrons. The average Bonchev–Trinajstić information content (AvgIpc) is 3.28. The van der Waals surface area contributed by atoms with Crippen molar-refractivity contribution in [1.82, 2.24) is 14.8 Å². The van der Waals surface area contributed by atoms with Crippen LogP contribution in [0.15, 0.2) is 41.8 Å². The molecule has 0 saturated carbocycles. The van der Waals surface area contributed by atoms with Gasteiger partial charge in [-0.15, -0.1) is 11.3 Å². The Morgan fingerprint density at radius 1 is 1.19 bits per heavy atom. The summed E-state index contributed by atoms with van der Waals surface area (Å²) in [5.41, 5.74) is 1.72. The molecule has 3 heterocycles. The lowest BCUT2D eigenvalue weighted by atomic mass is 9.98. The van der Waals surface area contributed by atoms with Crippen molar-refractivity contribution in [2.75, 3.05) is 19.6 Å². The lowest BCUT2D eigenvalue weighted by Gasteiger charge is -2.35. The number of amides is 2. The van der Waals surface area contributed by atoms with Crippen molar-refractivity contribution < 1.29 is 24.6 Å². The van der Waals surface area contributed by atoms with E-state index in [1.807, 2.05) is 17.5 Å². The molecule has 8 nitrogen and oxygen atoms in total. The summed E-state index contributed by atoms with van der Waals surface area (Å²) in [7, 11) is 0. The molecule has 3 aromatic rings. The van der Waals surface area contributed by atoms with Gasteiger partial charge in [-0.25, -0.2) is 9.78 Å². The van der Waals surface area contributed by atoms with Crippen LogP contribution in [0.2, 0.25) is 0 Å². The number of carboxylic acid groups (broad SMARTS) is 1. The molecule has 1 saturated heterocycles. The molecule has 160 valence electrons. The predicted octanol–water partition coefficient (Wildman–Crippen LogP) is 2.21. The number of carbonyl (C=O) groups is 3. The van der Waals surface area contributed by atoms with E-state index in [1.54, 1.807) is 29.2 Å². The van der Waals surface area contributed by atoms with E-state index in [0.717, 1.165) is 4.88 Å². The minimum Gasteiger partial charge on any atom is -0.478 e. The third kappa shape index (κ3) is 4.01. The topological polar surface area (TPSA) is 111 Å². The highest BCUT2D eigenvalue weighted by atomic mass is 32.1. The predicted molar refractivity (Wildman–Crippen MR) is 116 cm³/mol. The van der Waals surface area contributed by atoms with Crippen LogP contribution in [0.5, 0.6) is 0 Å². The Labute approximate surface area is 182 Å². The second-order valence-corrected chi connectivity index (χ2v) is 8.31. The van der Waals surface area contributed by atoms with Crippen LogP contribution in [0.25, 0.3) is 21.5 Å². The van der Waals surface area contributed by atoms with E-state index < -0.39 is 18.0 Å². The Morgan fingerprint density at radius 3 is 2.61 bits per heavy atom. The van der Waals surface area contributed by atoms with Crippen molar-refractivity contribution in [2.24, 2.45) is 0 Å². The van der Waals surface area contributed by atoms with Gasteiger partial charge in [0.1, 0.15) is 6.10 Å². The Balaban J connectivity index is 1.76. The molecule has 31 heavy (non-hydrogen) atoms. The highest BCUT2D eigenvalue weighted by Gasteiger charge is 2.31. The van der Waals surface area contributed by atoms with E-state index in [-0.39, 0.29) is 37.6 Å². The zero-order valence-corrected chi connectivity index (χ0v) is 17.6. The van der Waals surface area contributed by atoms with Gasteiger partial charge in [-0.2, -0.15) is 0 Å². The summed E-state index contributed by atoms with van der Waals surface area (Å²) < 4.78 is 0. The van der Waals surface area contributed by atoms with Gasteiger partial charge in [-0.05, 0) is 24.4 Å². The number of aliphatic hydroxyl groups excluding tert-OH is 1. The summed E-state index contributed by atoms with van der Waals surface area (Å²) in [4.78, 5) is 45.5. The van der Waals surface area contributed by atoms with Crippen molar-refractivity contribution in [3.63, 3.8) is 0 Å². The molecular formula is C22H21N3O5S. The van der Waals surface area contributed by atoms with Gasteiger partial charge in [0, 0.05) is 30.6 Å². The SMILES string of the molecule is C[C@H](O)C(=O)N1CCN(Cc2c(-c3cccs3)nc3ccccc3c2C(=O)O)C(=O)C1. The fraction of sp³-hybridized carbons (Fsp3) is 0.273. The molecule has 1 aliphatic rings. The fourth-order valence-corrected chi connectivity index (χ4v) is 4.53. The van der Waals surface area contributed by atoms with Crippen molar-refractivity contribution >= 4 is 40.0 Å². The number of pyridine rings is 1. The molecule has 2 N–H and O–H groups in total. The monoisotopic (exact) mass is 439 g/mol. The normalized spacial score (nSPS) is 15.4. The van der Waals surface area contributed by atoms with E-state index in [9.17, 15) is 24.6 Å². The van der Waals surface area contributed by atoms with Gasteiger partial charge in [0.05, 0.1) is 28.2 Å². The molecule has 2 amide bonds. The molecule has 0 bridgehead atoms. The van der Waals surface area contributed by atoms with Gasteiger partial charge in [0.15, 0.2) is 0 Å². The number of fused-ring (bicyclic) bond motifs is 1. The maximum Gasteiger partial charge on any atom is 0.336 e. The molecule has 1 atom stereocenters. The van der Waals surface area contributed by atoms with Gasteiger partial charge < -0.3 is 20.0 Å². The largest absolute Gasteiger partial charge is 0.478 e. The maximum atomic E-state index is 12.8. The van der Waals surface area contributed by atoms with Crippen LogP contribution >= 0.6 is 11.3 Å². The Kier molecular flexibility index (Phi) is 5.71. The second kappa shape index (κ2) is 8.44. The van der Waals surface area contributed by atoms with Gasteiger partial charge in [0.25, 0.3) is 5.91 Å². The number of rotatable bonds is 5. The van der Waals surface area contributed by atoms with Gasteiger partial charge in [-0.1, -0.05) is 24.3 Å². The lowest BCUT2D eigenvalue weighted by molar-refractivity contribution is -0.150. The minimum absolute atomic E-state index is 0.0717. The number of para-hydroxylation sites is 1. The number of piperazine rings is 1. The Bertz CT molecular complexity index is 1160. The van der Waals surface area contributed by atoms with Crippen LogP contribution < -0.4 is 0 Å². The number of thiophene rings is 1. The summed E-state index contributed by atoms with van der Waals surface area (Å²) in [6, 6.07) is 10.8. The zero-order valence-electron chi connectivity index (χ0n) is 16.8. The highest BCUT2D eigenvalue weighted by molar-refractivity contribution is 7.13. The molecule has 0 aliphatic carbocycles. The van der Waals surface area contributed by atoms with Crippen LogP contribution in [0.1, 0.15) is 22.8 Å². The maximum absolute atomic E-state index is 12.8. The van der Waals surface area contributed by atoms with E-state index in [0.29, 0.717) is 22.2 Å². The quantitative estimate of drug-likeness (QED) is 0.631. The van der Waals surface area contributed by atoms with E-state index in [2.05, 4.69) is 0 Å². The number of aliphatic hydroxyl groups is 1. The first-order chi connectivity index (χ1) is 14.9. The van der Waals surface area contributed by atoms with Crippen LogP contribution in [0, 0.1) is 0 Å². The summed E-state index contributed by atoms with van der Waals surface area (Å²) in [6.07, 6.45) is -1.17. The van der Waals surface area contributed by atoms with Gasteiger partial charge in [-0.3, -0.25) is 9.59 Å². The number of carbonyl (C=O) groups excluding carboxylic acids is 2. The minimum atomic E-state index is -1.17. The summed E-state index contributed by atoms with van der Waals surface area (Å²) in [5, 5.41) is 22.0. The summed E-state index contributed by atoms with van der Waals surface area (Å²) in [6.45, 7) is 1.80. The van der Waals surface area contributed by atoms with E-state index in [4.69, 9.17) is 4.98 Å². The number of nitrogens with zero attached hydrogens (tertiary/aromatic N) is 3. The van der Waals surface area contributed by atoms with Crippen LogP contribution in [-0.2, 0) is 16.1 Å². The third-order valence-electron chi connectivity index (χ3n) is 5.30. The lowest BCUT2D eigenvalue weighted by Crippen LogP contribution is -2.53. The third-order valence-corrected chi connectivity index (χ3v) is 6.17. The number of aromatic nitrogens is 1.